The van der Waals surface area contributed by atoms with Gasteiger partial charge in [0.2, 0.25) is 10.0 Å². The first-order valence-electron chi connectivity index (χ1n) is 5.22. The molecular weight excluding hydrogens is 278 g/mol. The predicted molar refractivity (Wildman–Crippen MR) is 74.0 cm³/mol. The smallest absolute Gasteiger partial charge is 0.212 e. The van der Waals surface area contributed by atoms with Crippen LogP contribution in [0.15, 0.2) is 24.8 Å². The summed E-state index contributed by atoms with van der Waals surface area (Å²) in [5, 5.41) is -0.433. The van der Waals surface area contributed by atoms with Gasteiger partial charge in [0, 0.05) is 18.0 Å². The quantitative estimate of drug-likeness (QED) is 0.756. The van der Waals surface area contributed by atoms with Crippen molar-refractivity contribution in [1.29, 1.82) is 0 Å². The van der Waals surface area contributed by atoms with E-state index in [1.54, 1.807) is 26.0 Å². The summed E-state index contributed by atoms with van der Waals surface area (Å²) in [6, 6.07) is 3.62. The van der Waals surface area contributed by atoms with E-state index in [-0.39, 0.29) is 0 Å². The summed E-state index contributed by atoms with van der Waals surface area (Å²) in [5.41, 5.74) is 0. The Labute approximate surface area is 112 Å². The highest BCUT2D eigenvalue weighted by Crippen LogP contribution is 2.24. The number of sulfonamides is 1. The Balaban J connectivity index is 2.91. The fraction of sp³-hybridized carbons (Fsp3) is 0.455. The Bertz CT molecular complexity index is 479. The van der Waals surface area contributed by atoms with Gasteiger partial charge in [-0.1, -0.05) is 17.7 Å². The van der Waals surface area contributed by atoms with Crippen LogP contribution >= 0.6 is 22.9 Å². The second kappa shape index (κ2) is 6.00. The maximum absolute atomic E-state index is 12.1. The van der Waals surface area contributed by atoms with Crippen molar-refractivity contribution in [3.05, 3.63) is 34.0 Å². The molecule has 1 aromatic rings. The van der Waals surface area contributed by atoms with E-state index in [1.807, 2.05) is 6.07 Å². The average Bonchev–Trinajstić information content (AvgIpc) is 2.63. The molecule has 0 N–H and O–H groups in total. The van der Waals surface area contributed by atoms with Crippen LogP contribution in [0.3, 0.4) is 0 Å². The molecule has 0 aliphatic heterocycles. The van der Waals surface area contributed by atoms with Gasteiger partial charge >= 0.3 is 0 Å². The summed E-state index contributed by atoms with van der Waals surface area (Å²) >= 11 is 7.22. The van der Waals surface area contributed by atoms with Crippen molar-refractivity contribution in [1.82, 2.24) is 4.31 Å². The third-order valence-electron chi connectivity index (χ3n) is 2.25. The van der Waals surface area contributed by atoms with Crippen molar-refractivity contribution >= 4 is 33.0 Å². The summed E-state index contributed by atoms with van der Waals surface area (Å²) in [5.74, 6) is 0. The molecule has 0 fully saturated rings. The van der Waals surface area contributed by atoms with Crippen LogP contribution in [0.25, 0.3) is 0 Å². The molecule has 3 nitrogen and oxygen atoms in total. The fourth-order valence-corrected chi connectivity index (χ4v) is 3.72. The number of halogens is 1. The predicted octanol–water partition coefficient (Wildman–Crippen LogP) is 3.13. The highest BCUT2D eigenvalue weighted by Gasteiger charge is 2.25. The molecule has 0 saturated heterocycles. The fourth-order valence-electron chi connectivity index (χ4n) is 1.31. The molecule has 0 atom stereocenters. The van der Waals surface area contributed by atoms with Crippen LogP contribution in [0.1, 0.15) is 18.7 Å². The lowest BCUT2D eigenvalue weighted by Gasteiger charge is -2.22. The summed E-state index contributed by atoms with van der Waals surface area (Å²) in [6.07, 6.45) is 1.59. The van der Waals surface area contributed by atoms with Crippen molar-refractivity contribution in [3.8, 4) is 0 Å². The molecule has 1 rings (SSSR count). The summed E-state index contributed by atoms with van der Waals surface area (Å²) in [7, 11) is -3.26. The third kappa shape index (κ3) is 3.81. The molecule has 0 aromatic carbocycles. The van der Waals surface area contributed by atoms with Gasteiger partial charge in [-0.2, -0.15) is 4.31 Å². The number of hydrogen-bond donors (Lipinski definition) is 0. The Morgan fingerprint density at radius 1 is 1.53 bits per heavy atom. The SMILES string of the molecule is C=CCN(Cc1ccc(Cl)s1)S(=O)(=O)C(C)C. The van der Waals surface area contributed by atoms with Crippen molar-refractivity contribution in [2.75, 3.05) is 6.54 Å². The van der Waals surface area contributed by atoms with E-state index in [1.165, 1.54) is 15.6 Å². The van der Waals surface area contributed by atoms with E-state index in [9.17, 15) is 8.42 Å². The summed E-state index contributed by atoms with van der Waals surface area (Å²) in [4.78, 5) is 0.932. The van der Waals surface area contributed by atoms with E-state index in [4.69, 9.17) is 11.6 Å². The molecule has 0 aliphatic carbocycles. The number of hydrogen-bond acceptors (Lipinski definition) is 3. The van der Waals surface area contributed by atoms with Crippen molar-refractivity contribution in [3.63, 3.8) is 0 Å². The van der Waals surface area contributed by atoms with Gasteiger partial charge < -0.3 is 0 Å². The molecule has 6 heteroatoms. The van der Waals surface area contributed by atoms with Gasteiger partial charge in [-0.15, -0.1) is 17.9 Å². The van der Waals surface area contributed by atoms with Gasteiger partial charge in [0.1, 0.15) is 0 Å². The van der Waals surface area contributed by atoms with Gasteiger partial charge in [0.15, 0.2) is 0 Å². The summed E-state index contributed by atoms with van der Waals surface area (Å²) < 4.78 is 26.3. The number of nitrogens with zero attached hydrogens (tertiary/aromatic N) is 1. The minimum atomic E-state index is -3.26. The molecule has 0 bridgehead atoms. The standard InChI is InChI=1S/C11H16ClNO2S2/c1-4-7-13(17(14,15)9(2)3)8-10-5-6-11(12)16-10/h4-6,9H,1,7-8H2,2-3H3. The first-order valence-corrected chi connectivity index (χ1v) is 7.91. The van der Waals surface area contributed by atoms with Crippen LogP contribution in [0, 0.1) is 0 Å². The Kier molecular flexibility index (Phi) is 5.19. The lowest BCUT2D eigenvalue weighted by atomic mass is 10.4. The molecule has 96 valence electrons. The average molecular weight is 294 g/mol. The zero-order chi connectivity index (χ0) is 13.1. The van der Waals surface area contributed by atoms with Crippen molar-refractivity contribution in [2.24, 2.45) is 0 Å². The molecule has 1 aromatic heterocycles. The maximum atomic E-state index is 12.1. The highest BCUT2D eigenvalue weighted by molar-refractivity contribution is 7.89. The second-order valence-electron chi connectivity index (χ2n) is 3.88. The topological polar surface area (TPSA) is 37.4 Å². The molecule has 0 spiro atoms. The van der Waals surface area contributed by atoms with E-state index >= 15 is 0 Å². The first kappa shape index (κ1) is 14.7. The zero-order valence-electron chi connectivity index (χ0n) is 9.89. The Morgan fingerprint density at radius 2 is 2.18 bits per heavy atom. The molecule has 0 aliphatic rings. The van der Waals surface area contributed by atoms with Crippen LogP contribution < -0.4 is 0 Å². The van der Waals surface area contributed by atoms with Gasteiger partial charge in [0.05, 0.1) is 9.59 Å². The molecule has 17 heavy (non-hydrogen) atoms. The summed E-state index contributed by atoms with van der Waals surface area (Å²) in [6.45, 7) is 7.60. The Morgan fingerprint density at radius 3 is 2.59 bits per heavy atom. The van der Waals surface area contributed by atoms with Crippen LogP contribution in [0.2, 0.25) is 4.34 Å². The first-order chi connectivity index (χ1) is 7.87. The normalized spacial score (nSPS) is 12.3. The molecule has 0 radical (unpaired) electrons. The van der Waals surface area contributed by atoms with Gasteiger partial charge in [-0.25, -0.2) is 8.42 Å². The zero-order valence-corrected chi connectivity index (χ0v) is 12.3. The van der Waals surface area contributed by atoms with Gasteiger partial charge in [-0.05, 0) is 26.0 Å². The maximum Gasteiger partial charge on any atom is 0.217 e. The minimum absolute atomic E-state index is 0.316. The lowest BCUT2D eigenvalue weighted by molar-refractivity contribution is 0.435. The number of thiophene rings is 1. The molecular formula is C11H16ClNO2S2. The van der Waals surface area contributed by atoms with Crippen LogP contribution in [0.5, 0.6) is 0 Å². The van der Waals surface area contributed by atoms with Gasteiger partial charge in [0.25, 0.3) is 0 Å². The lowest BCUT2D eigenvalue weighted by Crippen LogP contribution is -2.35. The largest absolute Gasteiger partial charge is 0.217 e. The van der Waals surface area contributed by atoms with E-state index in [0.717, 1.165) is 4.88 Å². The monoisotopic (exact) mass is 293 g/mol. The molecule has 0 saturated carbocycles. The van der Waals surface area contributed by atoms with Crippen molar-refractivity contribution < 1.29 is 8.42 Å². The van der Waals surface area contributed by atoms with E-state index in [2.05, 4.69) is 6.58 Å². The van der Waals surface area contributed by atoms with Crippen LogP contribution in [-0.2, 0) is 16.6 Å². The third-order valence-corrected chi connectivity index (χ3v) is 5.65. The molecule has 0 amide bonds. The van der Waals surface area contributed by atoms with E-state index < -0.39 is 15.3 Å². The van der Waals surface area contributed by atoms with Crippen LogP contribution in [0.4, 0.5) is 0 Å². The molecule has 0 unspecified atom stereocenters. The minimum Gasteiger partial charge on any atom is -0.212 e. The van der Waals surface area contributed by atoms with Crippen LogP contribution in [-0.4, -0.2) is 24.5 Å². The van der Waals surface area contributed by atoms with Crippen molar-refractivity contribution in [2.45, 2.75) is 25.6 Å². The molecule has 1 heterocycles. The highest BCUT2D eigenvalue weighted by atomic mass is 35.5. The second-order valence-corrected chi connectivity index (χ2v) is 8.17. The number of rotatable bonds is 6. The Hall–Kier alpha value is -0.360. The van der Waals surface area contributed by atoms with Gasteiger partial charge in [-0.3, -0.25) is 0 Å². The van der Waals surface area contributed by atoms with E-state index in [0.29, 0.717) is 17.4 Å².